The molecule has 20 heavy (non-hydrogen) atoms. The molecule has 2 aromatic rings. The van der Waals surface area contributed by atoms with Crippen molar-refractivity contribution in [2.75, 3.05) is 5.32 Å². The van der Waals surface area contributed by atoms with E-state index < -0.39 is 12.2 Å². The van der Waals surface area contributed by atoms with Gasteiger partial charge in [0.15, 0.2) is 6.04 Å². The van der Waals surface area contributed by atoms with Crippen LogP contribution in [0.2, 0.25) is 0 Å². The molecule has 1 N–H and O–H groups in total. The fourth-order valence-corrected chi connectivity index (χ4v) is 2.60. The Morgan fingerprint density at radius 3 is 2.60 bits per heavy atom. The largest absolute Gasteiger partial charge is 0.410 e. The van der Waals surface area contributed by atoms with Gasteiger partial charge in [-0.1, -0.05) is 30.3 Å². The van der Waals surface area contributed by atoms with E-state index in [4.69, 9.17) is 0 Å². The van der Waals surface area contributed by atoms with Gasteiger partial charge in [-0.25, -0.2) is 4.68 Å². The lowest BCUT2D eigenvalue weighted by Gasteiger charge is -2.33. The van der Waals surface area contributed by atoms with E-state index in [2.05, 4.69) is 10.4 Å². The highest BCUT2D eigenvalue weighted by molar-refractivity contribution is 5.43. The molecule has 106 valence electrons. The summed E-state index contributed by atoms with van der Waals surface area (Å²) in [5.41, 5.74) is 1.43. The lowest BCUT2D eigenvalue weighted by molar-refractivity contribution is -0.173. The number of alkyl halides is 3. The van der Waals surface area contributed by atoms with E-state index in [1.807, 2.05) is 30.3 Å². The van der Waals surface area contributed by atoms with Gasteiger partial charge in [0, 0.05) is 12.5 Å². The number of aryl methyl sites for hydroxylation is 1. The predicted molar refractivity (Wildman–Crippen MR) is 69.5 cm³/mol. The molecule has 0 fully saturated rings. The Morgan fingerprint density at radius 2 is 1.95 bits per heavy atom. The van der Waals surface area contributed by atoms with E-state index in [-0.39, 0.29) is 12.5 Å². The summed E-state index contributed by atoms with van der Waals surface area (Å²) in [6, 6.07) is 8.89. The van der Waals surface area contributed by atoms with Crippen LogP contribution in [0.15, 0.2) is 36.4 Å². The number of benzene rings is 1. The molecule has 2 heterocycles. The van der Waals surface area contributed by atoms with Gasteiger partial charge in [-0.05, 0) is 12.5 Å². The van der Waals surface area contributed by atoms with E-state index >= 15 is 0 Å². The Bertz CT molecular complexity index is 604. The number of hydrogen-bond acceptors (Lipinski definition) is 2. The number of aromatic nitrogens is 2. The third-order valence-corrected chi connectivity index (χ3v) is 3.51. The summed E-state index contributed by atoms with van der Waals surface area (Å²) in [6.07, 6.45) is -4.36. The van der Waals surface area contributed by atoms with Gasteiger partial charge in [0.2, 0.25) is 0 Å². The first-order valence-electron chi connectivity index (χ1n) is 6.39. The van der Waals surface area contributed by atoms with Crippen LogP contribution in [0.1, 0.15) is 29.8 Å². The maximum Gasteiger partial charge on any atom is 0.410 e. The monoisotopic (exact) mass is 281 g/mol. The number of fused-ring (bicyclic) bond motifs is 1. The SMILES string of the molecule is Cc1cc2n(n1)C(C(F)(F)F)CC(c1ccccc1)N2. The standard InChI is InChI=1S/C14H14F3N3/c1-9-7-13-18-11(10-5-3-2-4-6-10)8-12(14(15,16)17)20(13)19-9/h2-7,11-12,18H,8H2,1H3. The molecule has 1 aliphatic heterocycles. The second kappa shape index (κ2) is 4.54. The van der Waals surface area contributed by atoms with E-state index in [0.29, 0.717) is 11.5 Å². The van der Waals surface area contributed by atoms with Crippen molar-refractivity contribution in [2.24, 2.45) is 0 Å². The number of rotatable bonds is 1. The van der Waals surface area contributed by atoms with Gasteiger partial charge in [0.25, 0.3) is 0 Å². The molecular weight excluding hydrogens is 267 g/mol. The van der Waals surface area contributed by atoms with Crippen molar-refractivity contribution in [2.45, 2.75) is 31.6 Å². The topological polar surface area (TPSA) is 29.9 Å². The average molecular weight is 281 g/mol. The summed E-state index contributed by atoms with van der Waals surface area (Å²) in [7, 11) is 0. The van der Waals surface area contributed by atoms with Crippen molar-refractivity contribution in [3.8, 4) is 0 Å². The zero-order valence-corrected chi connectivity index (χ0v) is 10.9. The average Bonchev–Trinajstić information content (AvgIpc) is 2.77. The molecule has 0 saturated carbocycles. The molecule has 3 rings (SSSR count). The van der Waals surface area contributed by atoms with Crippen LogP contribution in [0.25, 0.3) is 0 Å². The van der Waals surface area contributed by atoms with E-state index in [9.17, 15) is 13.2 Å². The molecule has 0 spiro atoms. The fourth-order valence-electron chi connectivity index (χ4n) is 2.60. The summed E-state index contributed by atoms with van der Waals surface area (Å²) in [5.74, 6) is 0.421. The maximum absolute atomic E-state index is 13.2. The summed E-state index contributed by atoms with van der Waals surface area (Å²) in [6.45, 7) is 1.69. The zero-order valence-electron chi connectivity index (χ0n) is 10.9. The third kappa shape index (κ3) is 2.26. The summed E-state index contributed by atoms with van der Waals surface area (Å²) in [4.78, 5) is 0. The molecule has 2 atom stereocenters. The van der Waals surface area contributed by atoms with Gasteiger partial charge in [0.1, 0.15) is 5.82 Å². The van der Waals surface area contributed by atoms with E-state index in [1.54, 1.807) is 13.0 Å². The molecule has 0 radical (unpaired) electrons. The number of nitrogens with one attached hydrogen (secondary N) is 1. The second-order valence-electron chi connectivity index (χ2n) is 5.02. The van der Waals surface area contributed by atoms with E-state index in [0.717, 1.165) is 10.2 Å². The van der Waals surface area contributed by atoms with Gasteiger partial charge in [-0.15, -0.1) is 0 Å². The van der Waals surface area contributed by atoms with Crippen LogP contribution in [0.4, 0.5) is 19.0 Å². The minimum atomic E-state index is -4.30. The molecule has 0 aliphatic carbocycles. The van der Waals surface area contributed by atoms with Gasteiger partial charge in [-0.2, -0.15) is 18.3 Å². The molecule has 2 unspecified atom stereocenters. The zero-order chi connectivity index (χ0) is 14.3. The molecule has 0 saturated heterocycles. The van der Waals surface area contributed by atoms with Gasteiger partial charge < -0.3 is 5.32 Å². The number of nitrogens with zero attached hydrogens (tertiary/aromatic N) is 2. The highest BCUT2D eigenvalue weighted by Gasteiger charge is 2.46. The van der Waals surface area contributed by atoms with Crippen LogP contribution in [0.5, 0.6) is 0 Å². The Hall–Kier alpha value is -1.98. The van der Waals surface area contributed by atoms with Crippen molar-refractivity contribution in [3.63, 3.8) is 0 Å². The fraction of sp³-hybridized carbons (Fsp3) is 0.357. The van der Waals surface area contributed by atoms with Gasteiger partial charge >= 0.3 is 6.18 Å². The Balaban J connectivity index is 2.00. The summed E-state index contributed by atoms with van der Waals surface area (Å²) in [5, 5.41) is 7.10. The number of anilines is 1. The van der Waals surface area contributed by atoms with Crippen molar-refractivity contribution in [1.82, 2.24) is 9.78 Å². The van der Waals surface area contributed by atoms with E-state index in [1.165, 1.54) is 0 Å². The van der Waals surface area contributed by atoms with Crippen LogP contribution in [-0.4, -0.2) is 16.0 Å². The van der Waals surface area contributed by atoms with Gasteiger partial charge in [-0.3, -0.25) is 0 Å². The van der Waals surface area contributed by atoms with Gasteiger partial charge in [0.05, 0.1) is 11.7 Å². The summed E-state index contributed by atoms with van der Waals surface area (Å²) < 4.78 is 40.7. The first-order chi connectivity index (χ1) is 9.45. The van der Waals surface area contributed by atoms with Crippen LogP contribution in [0, 0.1) is 6.92 Å². The molecule has 0 amide bonds. The first kappa shape index (κ1) is 13.0. The normalized spacial score (nSPS) is 22.2. The highest BCUT2D eigenvalue weighted by Crippen LogP contribution is 2.43. The maximum atomic E-state index is 13.2. The van der Waals surface area contributed by atoms with Crippen molar-refractivity contribution in [1.29, 1.82) is 0 Å². The van der Waals surface area contributed by atoms with Crippen molar-refractivity contribution in [3.05, 3.63) is 47.7 Å². The third-order valence-electron chi connectivity index (χ3n) is 3.51. The first-order valence-corrected chi connectivity index (χ1v) is 6.39. The lowest BCUT2D eigenvalue weighted by atomic mass is 9.97. The molecule has 1 aromatic heterocycles. The molecular formula is C14H14F3N3. The predicted octanol–water partition coefficient (Wildman–Crippen LogP) is 3.85. The van der Waals surface area contributed by atoms with Crippen LogP contribution < -0.4 is 5.32 Å². The number of hydrogen-bond donors (Lipinski definition) is 1. The molecule has 1 aliphatic rings. The Morgan fingerprint density at radius 1 is 1.25 bits per heavy atom. The second-order valence-corrected chi connectivity index (χ2v) is 5.02. The highest BCUT2D eigenvalue weighted by atomic mass is 19.4. The van der Waals surface area contributed by atoms with Crippen LogP contribution >= 0.6 is 0 Å². The molecule has 1 aromatic carbocycles. The minimum Gasteiger partial charge on any atom is -0.363 e. The molecule has 6 heteroatoms. The lowest BCUT2D eigenvalue weighted by Crippen LogP contribution is -2.35. The van der Waals surface area contributed by atoms with Crippen LogP contribution in [-0.2, 0) is 0 Å². The smallest absolute Gasteiger partial charge is 0.363 e. The number of halogens is 3. The Kier molecular flexibility index (Phi) is 2.96. The molecule has 3 nitrogen and oxygen atoms in total. The molecule has 0 bridgehead atoms. The Labute approximate surface area is 114 Å². The van der Waals surface area contributed by atoms with Crippen molar-refractivity contribution >= 4 is 5.82 Å². The van der Waals surface area contributed by atoms with Crippen molar-refractivity contribution < 1.29 is 13.2 Å². The quantitative estimate of drug-likeness (QED) is 0.860. The van der Waals surface area contributed by atoms with Crippen LogP contribution in [0.3, 0.4) is 0 Å². The summed E-state index contributed by atoms with van der Waals surface area (Å²) >= 11 is 0. The minimum absolute atomic E-state index is 0.0539.